The fourth-order valence-corrected chi connectivity index (χ4v) is 6.01. The van der Waals surface area contributed by atoms with Gasteiger partial charge in [0.15, 0.2) is 9.84 Å². The number of rotatable bonds is 4. The Morgan fingerprint density at radius 1 is 1.19 bits per heavy atom. The van der Waals surface area contributed by atoms with Crippen LogP contribution in [-0.2, 0) is 25.6 Å². The van der Waals surface area contributed by atoms with Gasteiger partial charge >= 0.3 is 6.18 Å². The molecule has 0 unspecified atom stereocenters. The molecule has 0 aliphatic heterocycles. The molecule has 0 spiro atoms. The first-order chi connectivity index (χ1) is 14.4. The van der Waals surface area contributed by atoms with Crippen molar-refractivity contribution in [2.24, 2.45) is 5.92 Å². The maximum Gasteiger partial charge on any atom is 0.433 e. The van der Waals surface area contributed by atoms with Gasteiger partial charge in [0, 0.05) is 17.7 Å². The second kappa shape index (κ2) is 7.92. The second-order valence-electron chi connectivity index (χ2n) is 7.32. The SMILES string of the molecule is N#Cc1ccc(F)c(C2(S(=O)(=O)c3ccc(C(F)(F)F)nc3)CCC(C([NH])=O)CC2)c1. The van der Waals surface area contributed by atoms with Gasteiger partial charge in [-0.1, -0.05) is 0 Å². The normalized spacial score (nSPS) is 22.0. The van der Waals surface area contributed by atoms with Crippen molar-refractivity contribution in [2.45, 2.75) is 41.5 Å². The summed E-state index contributed by atoms with van der Waals surface area (Å²) in [6, 6.07) is 6.34. The first kappa shape index (κ1) is 22.7. The minimum Gasteiger partial charge on any atom is -0.273 e. The molecule has 1 aliphatic carbocycles. The van der Waals surface area contributed by atoms with Crippen LogP contribution in [0.25, 0.3) is 0 Å². The molecule has 1 N–H and O–H groups in total. The van der Waals surface area contributed by atoms with Gasteiger partial charge in [-0.2, -0.15) is 18.4 Å². The molecule has 1 aromatic heterocycles. The maximum atomic E-state index is 14.8. The van der Waals surface area contributed by atoms with Crippen molar-refractivity contribution in [2.75, 3.05) is 0 Å². The largest absolute Gasteiger partial charge is 0.433 e. The van der Waals surface area contributed by atoms with E-state index >= 15 is 0 Å². The molecule has 6 nitrogen and oxygen atoms in total. The molecule has 11 heteroatoms. The van der Waals surface area contributed by atoms with Gasteiger partial charge in [-0.25, -0.2) is 12.8 Å². The number of sulfone groups is 1. The highest BCUT2D eigenvalue weighted by Gasteiger charge is 2.51. The number of nitrogens with one attached hydrogen (secondary N) is 1. The number of nitriles is 1. The third-order valence-corrected chi connectivity index (χ3v) is 8.12. The molecular formula is C20H16F4N3O3S. The number of pyridine rings is 1. The van der Waals surface area contributed by atoms with Gasteiger partial charge < -0.3 is 0 Å². The van der Waals surface area contributed by atoms with Crippen molar-refractivity contribution in [3.63, 3.8) is 0 Å². The molecule has 1 aromatic carbocycles. The number of hydrogen-bond donors (Lipinski definition) is 0. The standard InChI is InChI=1S/C20H16F4N3O3S/c21-16-3-1-12(10-25)9-15(16)19(7-5-13(6-8-19)18(26)28)31(29,30)14-2-4-17(27-11-14)20(22,23)24/h1-4,9,11,13,26H,5-8H2. The van der Waals surface area contributed by atoms with Gasteiger partial charge in [-0.3, -0.25) is 15.5 Å². The number of carbonyl (C=O) groups is 1. The number of hydrogen-bond acceptors (Lipinski definition) is 5. The predicted molar refractivity (Wildman–Crippen MR) is 99.3 cm³/mol. The van der Waals surface area contributed by atoms with Gasteiger partial charge in [-0.15, -0.1) is 0 Å². The number of amides is 1. The Morgan fingerprint density at radius 2 is 1.84 bits per heavy atom. The lowest BCUT2D eigenvalue weighted by atomic mass is 9.77. The lowest BCUT2D eigenvalue weighted by Gasteiger charge is -2.39. The van der Waals surface area contributed by atoms with E-state index in [-0.39, 0.29) is 36.8 Å². The Kier molecular flexibility index (Phi) is 5.80. The van der Waals surface area contributed by atoms with Crippen molar-refractivity contribution in [3.05, 3.63) is 59.2 Å². The average molecular weight is 454 g/mol. The summed E-state index contributed by atoms with van der Waals surface area (Å²) in [4.78, 5) is 14.1. The number of aromatic nitrogens is 1. The van der Waals surface area contributed by atoms with Crippen molar-refractivity contribution in [1.29, 1.82) is 5.26 Å². The minimum atomic E-state index is -4.76. The minimum absolute atomic E-state index is 0.00945. The van der Waals surface area contributed by atoms with E-state index in [1.54, 1.807) is 0 Å². The molecule has 0 atom stereocenters. The zero-order valence-corrected chi connectivity index (χ0v) is 16.7. The molecule has 0 bridgehead atoms. The molecule has 1 amide bonds. The lowest BCUT2D eigenvalue weighted by Crippen LogP contribution is -2.42. The topological polar surface area (TPSA) is 112 Å². The van der Waals surface area contributed by atoms with E-state index < -0.39 is 49.0 Å². The summed E-state index contributed by atoms with van der Waals surface area (Å²) in [5.74, 6) is -2.48. The Balaban J connectivity index is 2.17. The van der Waals surface area contributed by atoms with Crippen LogP contribution in [0.1, 0.15) is 42.5 Å². The molecule has 1 fully saturated rings. The molecule has 1 radical (unpaired) electrons. The number of carbonyl (C=O) groups excluding carboxylic acids is 1. The van der Waals surface area contributed by atoms with Crippen LogP contribution in [0.3, 0.4) is 0 Å². The number of benzene rings is 1. The summed E-state index contributed by atoms with van der Waals surface area (Å²) in [6.45, 7) is 0. The monoisotopic (exact) mass is 454 g/mol. The van der Waals surface area contributed by atoms with Crippen molar-refractivity contribution in [3.8, 4) is 6.07 Å². The molecule has 2 aromatic rings. The van der Waals surface area contributed by atoms with Crippen LogP contribution < -0.4 is 5.73 Å². The summed E-state index contributed by atoms with van der Waals surface area (Å²) in [5, 5.41) is 9.17. The summed E-state index contributed by atoms with van der Waals surface area (Å²) in [5.41, 5.74) is 5.74. The van der Waals surface area contributed by atoms with E-state index in [4.69, 9.17) is 11.0 Å². The van der Waals surface area contributed by atoms with Gasteiger partial charge in [0.05, 0.1) is 16.5 Å². The molecular weight excluding hydrogens is 438 g/mol. The van der Waals surface area contributed by atoms with E-state index in [1.807, 2.05) is 6.07 Å². The molecule has 0 saturated heterocycles. The Bertz CT molecular complexity index is 1150. The van der Waals surface area contributed by atoms with E-state index in [2.05, 4.69) is 4.98 Å². The van der Waals surface area contributed by atoms with Crippen LogP contribution in [-0.4, -0.2) is 19.3 Å². The first-order valence-electron chi connectivity index (χ1n) is 9.16. The van der Waals surface area contributed by atoms with Gasteiger partial charge in [0.1, 0.15) is 16.3 Å². The third kappa shape index (κ3) is 3.99. The molecule has 1 saturated carbocycles. The van der Waals surface area contributed by atoms with E-state index in [9.17, 15) is 30.8 Å². The van der Waals surface area contributed by atoms with E-state index in [0.717, 1.165) is 18.2 Å². The summed E-state index contributed by atoms with van der Waals surface area (Å²) in [7, 11) is -4.49. The Hall–Kier alpha value is -3.00. The summed E-state index contributed by atoms with van der Waals surface area (Å²) >= 11 is 0. The highest BCUT2D eigenvalue weighted by molar-refractivity contribution is 7.92. The molecule has 1 heterocycles. The molecule has 1 aliphatic rings. The van der Waals surface area contributed by atoms with Crippen molar-refractivity contribution < 1.29 is 30.8 Å². The van der Waals surface area contributed by atoms with Crippen LogP contribution in [0.4, 0.5) is 17.6 Å². The average Bonchev–Trinajstić information content (AvgIpc) is 2.73. The Morgan fingerprint density at radius 3 is 2.32 bits per heavy atom. The highest BCUT2D eigenvalue weighted by Crippen LogP contribution is 2.49. The van der Waals surface area contributed by atoms with Gasteiger partial charge in [0.2, 0.25) is 5.91 Å². The third-order valence-electron chi connectivity index (χ3n) is 5.60. The predicted octanol–water partition coefficient (Wildman–Crippen LogP) is 3.78. The molecule has 31 heavy (non-hydrogen) atoms. The highest BCUT2D eigenvalue weighted by atomic mass is 32.2. The quantitative estimate of drug-likeness (QED) is 0.653. The van der Waals surface area contributed by atoms with Crippen LogP contribution in [0.2, 0.25) is 0 Å². The van der Waals surface area contributed by atoms with Crippen molar-refractivity contribution in [1.82, 2.24) is 10.7 Å². The van der Waals surface area contributed by atoms with Crippen LogP contribution >= 0.6 is 0 Å². The summed E-state index contributed by atoms with van der Waals surface area (Å²) in [6.07, 6.45) is -4.71. The fourth-order valence-electron chi connectivity index (χ4n) is 3.91. The maximum absolute atomic E-state index is 14.8. The number of nitrogens with zero attached hydrogens (tertiary/aromatic N) is 2. The molecule has 3 rings (SSSR count). The van der Waals surface area contributed by atoms with Gasteiger partial charge in [-0.05, 0) is 56.0 Å². The van der Waals surface area contributed by atoms with Crippen molar-refractivity contribution >= 4 is 15.7 Å². The van der Waals surface area contributed by atoms with Crippen LogP contribution in [0.5, 0.6) is 0 Å². The number of alkyl halides is 3. The van der Waals surface area contributed by atoms with E-state index in [1.165, 1.54) is 6.07 Å². The van der Waals surface area contributed by atoms with Crippen LogP contribution in [0, 0.1) is 23.1 Å². The van der Waals surface area contributed by atoms with Gasteiger partial charge in [0.25, 0.3) is 0 Å². The number of halogens is 4. The summed E-state index contributed by atoms with van der Waals surface area (Å²) < 4.78 is 78.6. The molecule has 163 valence electrons. The lowest BCUT2D eigenvalue weighted by molar-refractivity contribution is -0.141. The van der Waals surface area contributed by atoms with E-state index in [0.29, 0.717) is 12.3 Å². The smallest absolute Gasteiger partial charge is 0.273 e. The second-order valence-corrected chi connectivity index (χ2v) is 9.58. The first-order valence-corrected chi connectivity index (χ1v) is 10.6. The Labute approximate surface area is 175 Å². The zero-order chi connectivity index (χ0) is 23.0. The fraction of sp³-hybridized carbons (Fsp3) is 0.350. The zero-order valence-electron chi connectivity index (χ0n) is 15.9. The van der Waals surface area contributed by atoms with Crippen LogP contribution in [0.15, 0.2) is 41.4 Å².